The first-order valence-corrected chi connectivity index (χ1v) is 9.07. The van der Waals surface area contributed by atoms with Crippen molar-refractivity contribution in [3.63, 3.8) is 0 Å². The molecule has 1 aromatic rings. The Balaban J connectivity index is 0.000000861. The lowest BCUT2D eigenvalue weighted by atomic mass is 9.97. The summed E-state index contributed by atoms with van der Waals surface area (Å²) in [6, 6.07) is 4.25. The van der Waals surface area contributed by atoms with Gasteiger partial charge in [-0.25, -0.2) is 0 Å². The molecule has 19 heavy (non-hydrogen) atoms. The number of rotatable bonds is 3. The van der Waals surface area contributed by atoms with Crippen LogP contribution in [0.2, 0.25) is 0 Å². The Kier molecular flexibility index (Phi) is 7.37. The average molecular weight is 317 g/mol. The highest BCUT2D eigenvalue weighted by Gasteiger charge is 2.20. The molecular formula is C15H21ClOS2. The van der Waals surface area contributed by atoms with E-state index in [1.54, 1.807) is 11.8 Å². The van der Waals surface area contributed by atoms with E-state index in [-0.39, 0.29) is 6.61 Å². The van der Waals surface area contributed by atoms with Gasteiger partial charge in [0, 0.05) is 4.90 Å². The Hall–Kier alpha value is -0.0900. The van der Waals surface area contributed by atoms with Crippen molar-refractivity contribution in [3.8, 4) is 0 Å². The number of thioether (sulfide) groups is 1. The molecule has 2 rings (SSSR count). The zero-order valence-electron chi connectivity index (χ0n) is 11.9. The Labute approximate surface area is 129 Å². The maximum atomic E-state index is 9.44. The highest BCUT2D eigenvalue weighted by molar-refractivity contribution is 8.34. The summed E-state index contributed by atoms with van der Waals surface area (Å²) in [6.07, 6.45) is 1.93. The van der Waals surface area contributed by atoms with E-state index in [1.807, 2.05) is 13.8 Å². The molecule has 0 aliphatic carbocycles. The molecule has 1 nitrogen and oxygen atoms in total. The molecule has 0 spiro atoms. The van der Waals surface area contributed by atoms with Crippen molar-refractivity contribution < 1.29 is 5.11 Å². The monoisotopic (exact) mass is 316 g/mol. The zero-order valence-corrected chi connectivity index (χ0v) is 14.3. The lowest BCUT2D eigenvalue weighted by molar-refractivity contribution is 0.280. The third-order valence-corrected chi connectivity index (χ3v) is 5.72. The third kappa shape index (κ3) is 3.94. The van der Waals surface area contributed by atoms with Crippen LogP contribution >= 0.6 is 33.4 Å². The van der Waals surface area contributed by atoms with Gasteiger partial charge in [-0.05, 0) is 69.8 Å². The first-order valence-electron chi connectivity index (χ1n) is 6.61. The number of aliphatic hydroxyl groups is 1. The zero-order chi connectivity index (χ0) is 14.4. The van der Waals surface area contributed by atoms with E-state index < -0.39 is 0 Å². The van der Waals surface area contributed by atoms with E-state index >= 15 is 0 Å². The van der Waals surface area contributed by atoms with Crippen molar-refractivity contribution in [2.24, 2.45) is 0 Å². The number of aliphatic hydroxyl groups excluding tert-OH is 1. The largest absolute Gasteiger partial charge is 0.392 e. The quantitative estimate of drug-likeness (QED) is 0.775. The molecule has 0 saturated carbocycles. The van der Waals surface area contributed by atoms with Crippen LogP contribution < -0.4 is 0 Å². The van der Waals surface area contributed by atoms with E-state index in [2.05, 4.69) is 26.0 Å². The molecule has 0 atom stereocenters. The van der Waals surface area contributed by atoms with E-state index in [0.29, 0.717) is 0 Å². The van der Waals surface area contributed by atoms with Crippen molar-refractivity contribution in [2.75, 3.05) is 0 Å². The summed E-state index contributed by atoms with van der Waals surface area (Å²) >= 11 is 1.73. The molecule has 0 amide bonds. The number of fused-ring (bicyclic) bond motifs is 1. The second-order valence-corrected chi connectivity index (χ2v) is 6.50. The minimum Gasteiger partial charge on any atom is -0.392 e. The van der Waals surface area contributed by atoms with Gasteiger partial charge in [0.15, 0.2) is 0 Å². The molecule has 0 radical (unpaired) electrons. The molecule has 0 fully saturated rings. The molecule has 1 aliphatic heterocycles. The van der Waals surface area contributed by atoms with Crippen molar-refractivity contribution in [1.82, 2.24) is 0 Å². The Bertz CT molecular complexity index is 469. The Morgan fingerprint density at radius 3 is 2.58 bits per heavy atom. The van der Waals surface area contributed by atoms with Crippen molar-refractivity contribution >= 4 is 33.4 Å². The van der Waals surface area contributed by atoms with Gasteiger partial charge in [-0.2, -0.15) is 0 Å². The van der Waals surface area contributed by atoms with Gasteiger partial charge in [-0.3, -0.25) is 0 Å². The van der Waals surface area contributed by atoms with Crippen LogP contribution in [0.3, 0.4) is 0 Å². The predicted octanol–water partition coefficient (Wildman–Crippen LogP) is 5.67. The summed E-state index contributed by atoms with van der Waals surface area (Å²) in [5.74, 6) is 0. The summed E-state index contributed by atoms with van der Waals surface area (Å²) < 4.78 is 1.20. The minimum absolute atomic E-state index is 0.116. The van der Waals surface area contributed by atoms with Crippen LogP contribution in [0.1, 0.15) is 43.9 Å². The van der Waals surface area contributed by atoms with Gasteiger partial charge in [-0.1, -0.05) is 38.6 Å². The summed E-state index contributed by atoms with van der Waals surface area (Å²) in [5, 5.41) is 9.44. The molecule has 0 aromatic heterocycles. The first kappa shape index (κ1) is 17.0. The summed E-state index contributed by atoms with van der Waals surface area (Å²) in [4.78, 5) is 1.24. The summed E-state index contributed by atoms with van der Waals surface area (Å²) in [7, 11) is 7.24. The fourth-order valence-corrected chi connectivity index (χ4v) is 4.55. The fourth-order valence-electron chi connectivity index (χ4n) is 2.09. The maximum absolute atomic E-state index is 9.44. The molecule has 1 heterocycles. The summed E-state index contributed by atoms with van der Waals surface area (Å²) in [6.45, 7) is 8.33. The lowest BCUT2D eigenvalue weighted by Crippen LogP contribution is -2.05. The van der Waals surface area contributed by atoms with E-state index in [1.165, 1.54) is 36.8 Å². The highest BCUT2D eigenvalue weighted by atomic mass is 35.7. The van der Waals surface area contributed by atoms with Crippen molar-refractivity contribution in [2.45, 2.75) is 52.0 Å². The third-order valence-electron chi connectivity index (χ3n) is 2.99. The van der Waals surface area contributed by atoms with Gasteiger partial charge in [-0.15, -0.1) is 0 Å². The standard InChI is InChI=1S/C13H15ClOS2.C2H6/c1-3-9-6-11-10(7-15)4-8(2)5-12(11)16-13(9)17-14;1-2/h4-5,15H,3,6-7H2,1-2H3;1-2H3. The fraction of sp³-hybridized carbons (Fsp3) is 0.467. The van der Waals surface area contributed by atoms with E-state index in [4.69, 9.17) is 10.7 Å². The number of halogens is 1. The van der Waals surface area contributed by atoms with E-state index in [0.717, 1.165) is 18.4 Å². The highest BCUT2D eigenvalue weighted by Crippen LogP contribution is 2.47. The minimum atomic E-state index is 0.116. The Morgan fingerprint density at radius 2 is 2.05 bits per heavy atom. The molecular weight excluding hydrogens is 296 g/mol. The van der Waals surface area contributed by atoms with Gasteiger partial charge in [0.2, 0.25) is 0 Å². The number of benzene rings is 1. The van der Waals surface area contributed by atoms with Gasteiger partial charge < -0.3 is 5.11 Å². The van der Waals surface area contributed by atoms with Gasteiger partial charge in [0.1, 0.15) is 0 Å². The number of allylic oxidation sites excluding steroid dienone is 1. The van der Waals surface area contributed by atoms with Crippen LogP contribution in [0.25, 0.3) is 0 Å². The van der Waals surface area contributed by atoms with Crippen LogP contribution in [-0.2, 0) is 13.0 Å². The number of hydrogen-bond donors (Lipinski definition) is 1. The van der Waals surface area contributed by atoms with E-state index in [9.17, 15) is 5.11 Å². The molecule has 1 N–H and O–H groups in total. The van der Waals surface area contributed by atoms with Crippen LogP contribution in [0.15, 0.2) is 26.8 Å². The smallest absolute Gasteiger partial charge is 0.0685 e. The number of hydrogen-bond acceptors (Lipinski definition) is 3. The molecule has 4 heteroatoms. The lowest BCUT2D eigenvalue weighted by Gasteiger charge is -2.22. The molecule has 1 aromatic carbocycles. The van der Waals surface area contributed by atoms with Crippen LogP contribution in [-0.4, -0.2) is 5.11 Å². The van der Waals surface area contributed by atoms with Crippen LogP contribution in [0.4, 0.5) is 0 Å². The predicted molar refractivity (Wildman–Crippen MR) is 88.8 cm³/mol. The van der Waals surface area contributed by atoms with Crippen molar-refractivity contribution in [3.05, 3.63) is 38.6 Å². The van der Waals surface area contributed by atoms with Gasteiger partial charge in [0.05, 0.1) is 10.8 Å². The van der Waals surface area contributed by atoms with Crippen LogP contribution in [0, 0.1) is 6.92 Å². The van der Waals surface area contributed by atoms with Crippen LogP contribution in [0.5, 0.6) is 0 Å². The molecule has 0 saturated heterocycles. The first-order chi connectivity index (χ1) is 9.19. The molecule has 0 bridgehead atoms. The topological polar surface area (TPSA) is 20.2 Å². The number of aryl methyl sites for hydroxylation is 1. The molecule has 1 aliphatic rings. The van der Waals surface area contributed by atoms with Gasteiger partial charge in [0.25, 0.3) is 0 Å². The second-order valence-electron chi connectivity index (χ2n) is 4.16. The van der Waals surface area contributed by atoms with Crippen molar-refractivity contribution in [1.29, 1.82) is 0 Å². The second kappa shape index (κ2) is 8.25. The van der Waals surface area contributed by atoms with Gasteiger partial charge >= 0.3 is 0 Å². The summed E-state index contributed by atoms with van der Waals surface area (Å²) in [5.41, 5.74) is 4.90. The normalized spacial score (nSPS) is 13.8. The molecule has 0 unspecified atom stereocenters. The maximum Gasteiger partial charge on any atom is 0.0685 e. The molecule has 106 valence electrons. The average Bonchev–Trinajstić information content (AvgIpc) is 2.46. The SMILES string of the molecule is CC.CCC1=C(SCl)Sc2cc(C)cc(CO)c2C1. The Morgan fingerprint density at radius 1 is 1.37 bits per heavy atom.